The second-order valence-corrected chi connectivity index (χ2v) is 5.95. The number of fused-ring (bicyclic) bond motifs is 1. The highest BCUT2D eigenvalue weighted by atomic mass is 35.5. The number of nitrogens with one attached hydrogen (secondary N) is 1. The summed E-state index contributed by atoms with van der Waals surface area (Å²) >= 11 is 6.19. The molecule has 0 aliphatic rings. The van der Waals surface area contributed by atoms with Crippen molar-refractivity contribution in [3.8, 4) is 17.1 Å². The number of benzene rings is 3. The molecule has 1 heterocycles. The molecule has 4 rings (SSSR count). The van der Waals surface area contributed by atoms with E-state index < -0.39 is 0 Å². The van der Waals surface area contributed by atoms with E-state index in [9.17, 15) is 0 Å². The van der Waals surface area contributed by atoms with Gasteiger partial charge in [0.25, 0.3) is 0 Å². The van der Waals surface area contributed by atoms with Gasteiger partial charge in [0.1, 0.15) is 18.2 Å². The summed E-state index contributed by atoms with van der Waals surface area (Å²) < 4.78 is 6.01. The van der Waals surface area contributed by atoms with Crippen LogP contribution in [0, 0.1) is 0 Å². The maximum absolute atomic E-state index is 6.19. The molecule has 118 valence electrons. The quantitative estimate of drug-likeness (QED) is 0.538. The predicted octanol–water partition coefficient (Wildman–Crippen LogP) is 5.46. The van der Waals surface area contributed by atoms with Crippen molar-refractivity contribution in [1.29, 1.82) is 0 Å². The Labute approximate surface area is 144 Å². The summed E-state index contributed by atoms with van der Waals surface area (Å²) in [6.07, 6.45) is 0. The summed E-state index contributed by atoms with van der Waals surface area (Å²) in [5, 5.41) is 0.650. The number of rotatable bonds is 4. The first-order valence-corrected chi connectivity index (χ1v) is 8.09. The summed E-state index contributed by atoms with van der Waals surface area (Å²) in [5.41, 5.74) is 3.88. The van der Waals surface area contributed by atoms with Crippen LogP contribution in [0.25, 0.3) is 22.4 Å². The standard InChI is InChI=1S/C20H15ClN2O/c21-15-10-11-19(24-13-14-6-2-1-3-7-14)16(12-15)20-22-17-8-4-5-9-18(17)23-20/h1-12H,13H2,(H,22,23). The van der Waals surface area contributed by atoms with Crippen LogP contribution in [0.2, 0.25) is 5.02 Å². The molecule has 0 aliphatic heterocycles. The Hall–Kier alpha value is -2.78. The van der Waals surface area contributed by atoms with Crippen molar-refractivity contribution < 1.29 is 4.74 Å². The van der Waals surface area contributed by atoms with Gasteiger partial charge in [0.15, 0.2) is 0 Å². The van der Waals surface area contributed by atoms with Gasteiger partial charge in [0, 0.05) is 5.02 Å². The van der Waals surface area contributed by atoms with E-state index in [2.05, 4.69) is 9.97 Å². The number of nitrogens with zero attached hydrogens (tertiary/aromatic N) is 1. The second-order valence-electron chi connectivity index (χ2n) is 5.52. The van der Waals surface area contributed by atoms with E-state index in [0.717, 1.165) is 33.7 Å². The summed E-state index contributed by atoms with van der Waals surface area (Å²) in [4.78, 5) is 7.97. The first kappa shape index (κ1) is 14.8. The van der Waals surface area contributed by atoms with Gasteiger partial charge in [-0.1, -0.05) is 54.1 Å². The van der Waals surface area contributed by atoms with Gasteiger partial charge in [-0.25, -0.2) is 4.98 Å². The smallest absolute Gasteiger partial charge is 0.142 e. The zero-order valence-electron chi connectivity index (χ0n) is 12.9. The molecule has 0 unspecified atom stereocenters. The van der Waals surface area contributed by atoms with Crippen molar-refractivity contribution >= 4 is 22.6 Å². The number of para-hydroxylation sites is 2. The lowest BCUT2D eigenvalue weighted by molar-refractivity contribution is 0.307. The van der Waals surface area contributed by atoms with Crippen molar-refractivity contribution in [3.63, 3.8) is 0 Å². The van der Waals surface area contributed by atoms with Crippen molar-refractivity contribution in [2.24, 2.45) is 0 Å². The molecule has 0 spiro atoms. The molecule has 0 atom stereocenters. The van der Waals surface area contributed by atoms with Crippen LogP contribution in [0.5, 0.6) is 5.75 Å². The number of imidazole rings is 1. The molecule has 0 bridgehead atoms. The molecule has 0 amide bonds. The number of halogens is 1. The number of ether oxygens (including phenoxy) is 1. The SMILES string of the molecule is Clc1ccc(OCc2ccccc2)c(-c2nc3ccccc3[nH]2)c1. The number of H-pyrrole nitrogens is 1. The fourth-order valence-corrected chi connectivity index (χ4v) is 2.80. The van der Waals surface area contributed by atoms with Crippen LogP contribution in [0.1, 0.15) is 5.56 Å². The molecule has 1 aromatic heterocycles. The predicted molar refractivity (Wildman–Crippen MR) is 97.3 cm³/mol. The lowest BCUT2D eigenvalue weighted by Crippen LogP contribution is -1.97. The maximum atomic E-state index is 6.19. The average molecular weight is 335 g/mol. The van der Waals surface area contributed by atoms with Crippen LogP contribution in [-0.2, 0) is 6.61 Å². The van der Waals surface area contributed by atoms with E-state index in [4.69, 9.17) is 16.3 Å². The molecule has 24 heavy (non-hydrogen) atoms. The minimum Gasteiger partial charge on any atom is -0.488 e. The van der Waals surface area contributed by atoms with Crippen molar-refractivity contribution in [3.05, 3.63) is 83.4 Å². The van der Waals surface area contributed by atoms with E-state index >= 15 is 0 Å². The highest BCUT2D eigenvalue weighted by Crippen LogP contribution is 2.32. The van der Waals surface area contributed by atoms with Gasteiger partial charge in [-0.2, -0.15) is 0 Å². The summed E-state index contributed by atoms with van der Waals surface area (Å²) in [6.45, 7) is 0.496. The monoisotopic (exact) mass is 334 g/mol. The molecule has 3 nitrogen and oxygen atoms in total. The summed E-state index contributed by atoms with van der Waals surface area (Å²) in [7, 11) is 0. The first-order valence-electron chi connectivity index (χ1n) is 7.71. The zero-order valence-corrected chi connectivity index (χ0v) is 13.6. The summed E-state index contributed by atoms with van der Waals surface area (Å²) in [5.74, 6) is 1.50. The highest BCUT2D eigenvalue weighted by Gasteiger charge is 2.12. The molecule has 3 aromatic carbocycles. The van der Waals surface area contributed by atoms with Gasteiger partial charge < -0.3 is 9.72 Å². The molecular formula is C20H15ClN2O. The van der Waals surface area contributed by atoms with E-state index in [1.165, 1.54) is 0 Å². The third-order valence-corrected chi connectivity index (χ3v) is 4.06. The van der Waals surface area contributed by atoms with Crippen molar-refractivity contribution in [2.45, 2.75) is 6.61 Å². The van der Waals surface area contributed by atoms with Gasteiger partial charge in [-0.05, 0) is 35.9 Å². The molecule has 4 aromatic rings. The summed E-state index contributed by atoms with van der Waals surface area (Å²) in [6, 6.07) is 23.6. The molecular weight excluding hydrogens is 320 g/mol. The Morgan fingerprint density at radius 2 is 1.71 bits per heavy atom. The fourth-order valence-electron chi connectivity index (χ4n) is 2.63. The van der Waals surface area contributed by atoms with Crippen molar-refractivity contribution in [2.75, 3.05) is 0 Å². The van der Waals surface area contributed by atoms with Crippen LogP contribution in [0.15, 0.2) is 72.8 Å². The topological polar surface area (TPSA) is 37.9 Å². The lowest BCUT2D eigenvalue weighted by Gasteiger charge is -2.10. The lowest BCUT2D eigenvalue weighted by atomic mass is 10.2. The Balaban J connectivity index is 1.70. The van der Waals surface area contributed by atoms with Crippen molar-refractivity contribution in [1.82, 2.24) is 9.97 Å². The largest absolute Gasteiger partial charge is 0.488 e. The number of hydrogen-bond acceptors (Lipinski definition) is 2. The van der Waals surface area contributed by atoms with Crippen LogP contribution in [-0.4, -0.2) is 9.97 Å². The Kier molecular flexibility index (Phi) is 3.93. The third kappa shape index (κ3) is 2.99. The normalized spacial score (nSPS) is 10.9. The molecule has 0 saturated heterocycles. The molecule has 1 N–H and O–H groups in total. The van der Waals surface area contributed by atoms with Crippen LogP contribution >= 0.6 is 11.6 Å². The van der Waals surface area contributed by atoms with Crippen LogP contribution in [0.4, 0.5) is 0 Å². The molecule has 4 heteroatoms. The minimum atomic E-state index is 0.496. The number of aromatic nitrogens is 2. The minimum absolute atomic E-state index is 0.496. The maximum Gasteiger partial charge on any atom is 0.142 e. The average Bonchev–Trinajstić information content (AvgIpc) is 3.05. The van der Waals surface area contributed by atoms with Gasteiger partial charge in [-0.3, -0.25) is 0 Å². The van der Waals surface area contributed by atoms with Crippen LogP contribution in [0.3, 0.4) is 0 Å². The Bertz CT molecular complexity index is 946. The Morgan fingerprint density at radius 3 is 2.54 bits per heavy atom. The van der Waals surface area contributed by atoms with Gasteiger partial charge in [0.05, 0.1) is 16.6 Å². The van der Waals surface area contributed by atoms with Crippen LogP contribution < -0.4 is 4.74 Å². The zero-order chi connectivity index (χ0) is 16.4. The van der Waals surface area contributed by atoms with Gasteiger partial charge in [0.2, 0.25) is 0 Å². The van der Waals surface area contributed by atoms with E-state index in [-0.39, 0.29) is 0 Å². The first-order chi connectivity index (χ1) is 11.8. The third-order valence-electron chi connectivity index (χ3n) is 3.82. The van der Waals surface area contributed by atoms with Gasteiger partial charge >= 0.3 is 0 Å². The molecule has 0 fully saturated rings. The van der Waals surface area contributed by atoms with Gasteiger partial charge in [-0.15, -0.1) is 0 Å². The fraction of sp³-hybridized carbons (Fsp3) is 0.0500. The second kappa shape index (κ2) is 6.38. The number of aromatic amines is 1. The highest BCUT2D eigenvalue weighted by molar-refractivity contribution is 6.30. The van der Waals surface area contributed by atoms with E-state index in [1.807, 2.05) is 72.8 Å². The Morgan fingerprint density at radius 1 is 0.917 bits per heavy atom. The van der Waals surface area contributed by atoms with E-state index in [1.54, 1.807) is 0 Å². The number of hydrogen-bond donors (Lipinski definition) is 1. The molecule has 0 saturated carbocycles. The molecule has 0 radical (unpaired) electrons. The van der Waals surface area contributed by atoms with E-state index in [0.29, 0.717) is 11.6 Å². The molecule has 0 aliphatic carbocycles.